The van der Waals surface area contributed by atoms with E-state index in [0.29, 0.717) is 11.5 Å². The Morgan fingerprint density at radius 3 is 2.79 bits per heavy atom. The van der Waals surface area contributed by atoms with Gasteiger partial charge in [0.25, 0.3) is 0 Å². The van der Waals surface area contributed by atoms with Crippen LogP contribution in [0.2, 0.25) is 0 Å². The van der Waals surface area contributed by atoms with Gasteiger partial charge in [-0.3, -0.25) is 0 Å². The zero-order chi connectivity index (χ0) is 10.6. The lowest BCUT2D eigenvalue weighted by atomic mass is 10.3. The van der Waals surface area contributed by atoms with Gasteiger partial charge in [0, 0.05) is 0 Å². The molecule has 1 aromatic rings. The highest BCUT2D eigenvalue weighted by atomic mass is 16.5. The molecule has 5 heteroatoms. The first-order valence-electron chi connectivity index (χ1n) is 4.08. The van der Waals surface area contributed by atoms with Crippen molar-refractivity contribution in [3.8, 4) is 0 Å². The first kappa shape index (κ1) is 10.3. The number of carbonyl (C=O) groups excluding carboxylic acids is 1. The van der Waals surface area contributed by atoms with Crippen LogP contribution in [0.25, 0.3) is 0 Å². The summed E-state index contributed by atoms with van der Waals surface area (Å²) in [6, 6.07) is 3.61. The van der Waals surface area contributed by atoms with Crippen LogP contribution in [-0.4, -0.2) is 18.9 Å². The molecule has 0 aromatic carbocycles. The molecular weight excluding hydrogens is 184 g/mol. The molecule has 0 fully saturated rings. The third kappa shape index (κ3) is 2.62. The van der Waals surface area contributed by atoms with Crippen LogP contribution in [0.3, 0.4) is 0 Å². The number of rotatable bonds is 2. The van der Waals surface area contributed by atoms with E-state index in [9.17, 15) is 4.79 Å². The summed E-state index contributed by atoms with van der Waals surface area (Å²) in [5.41, 5.74) is 2.79. The first-order chi connectivity index (χ1) is 6.63. The average molecular weight is 196 g/mol. The number of aryl methyl sites for hydroxylation is 1. The Labute approximate surface area is 81.7 Å². The molecule has 0 aliphatic carbocycles. The van der Waals surface area contributed by atoms with Gasteiger partial charge in [-0.25, -0.2) is 10.2 Å². The highest BCUT2D eigenvalue weighted by molar-refractivity contribution is 5.96. The SMILES string of the molecule is COC(=O)N/N=C(\C)c1ccc(C)o1. The fraction of sp³-hybridized carbons (Fsp3) is 0.333. The lowest BCUT2D eigenvalue weighted by Gasteiger charge is -1.98. The van der Waals surface area contributed by atoms with Gasteiger partial charge in [-0.15, -0.1) is 0 Å². The number of hydrogen-bond acceptors (Lipinski definition) is 4. The molecule has 76 valence electrons. The summed E-state index contributed by atoms with van der Waals surface area (Å²) < 4.78 is 9.64. The number of methoxy groups -OCH3 is 1. The van der Waals surface area contributed by atoms with Gasteiger partial charge < -0.3 is 9.15 Å². The van der Waals surface area contributed by atoms with Gasteiger partial charge in [-0.1, -0.05) is 0 Å². The summed E-state index contributed by atoms with van der Waals surface area (Å²) in [5, 5.41) is 3.78. The quantitative estimate of drug-likeness (QED) is 0.578. The van der Waals surface area contributed by atoms with Crippen molar-refractivity contribution < 1.29 is 13.9 Å². The van der Waals surface area contributed by atoms with Crippen molar-refractivity contribution in [2.24, 2.45) is 5.10 Å². The second kappa shape index (κ2) is 4.45. The maximum absolute atomic E-state index is 10.7. The van der Waals surface area contributed by atoms with Crippen molar-refractivity contribution >= 4 is 11.8 Å². The second-order valence-corrected chi connectivity index (χ2v) is 2.71. The summed E-state index contributed by atoms with van der Waals surface area (Å²) in [5.74, 6) is 1.42. The van der Waals surface area contributed by atoms with Gasteiger partial charge in [0.1, 0.15) is 17.2 Å². The number of nitrogens with one attached hydrogen (secondary N) is 1. The first-order valence-corrected chi connectivity index (χ1v) is 4.08. The van der Waals surface area contributed by atoms with Crippen LogP contribution < -0.4 is 5.43 Å². The van der Waals surface area contributed by atoms with Crippen molar-refractivity contribution in [2.75, 3.05) is 7.11 Å². The number of amides is 1. The van der Waals surface area contributed by atoms with E-state index in [1.807, 2.05) is 13.0 Å². The van der Waals surface area contributed by atoms with Crippen LogP contribution >= 0.6 is 0 Å². The van der Waals surface area contributed by atoms with Crippen LogP contribution in [0, 0.1) is 6.92 Å². The van der Waals surface area contributed by atoms with E-state index in [1.165, 1.54) is 7.11 Å². The standard InChI is InChI=1S/C9H12N2O3/c1-6-4-5-8(14-6)7(2)10-11-9(12)13-3/h4-5H,1-3H3,(H,11,12)/b10-7+. The highest BCUT2D eigenvalue weighted by Gasteiger charge is 2.03. The molecule has 1 amide bonds. The molecule has 0 saturated carbocycles. The van der Waals surface area contributed by atoms with E-state index < -0.39 is 6.09 Å². The van der Waals surface area contributed by atoms with Crippen molar-refractivity contribution in [3.05, 3.63) is 23.7 Å². The molecule has 0 bridgehead atoms. The van der Waals surface area contributed by atoms with Crippen LogP contribution in [0.4, 0.5) is 4.79 Å². The fourth-order valence-electron chi connectivity index (χ4n) is 0.859. The van der Waals surface area contributed by atoms with Crippen LogP contribution in [0.15, 0.2) is 21.7 Å². The van der Waals surface area contributed by atoms with Crippen molar-refractivity contribution in [2.45, 2.75) is 13.8 Å². The number of hydrogen-bond donors (Lipinski definition) is 1. The summed E-state index contributed by atoms with van der Waals surface area (Å²) in [7, 11) is 1.28. The van der Waals surface area contributed by atoms with Gasteiger partial charge in [-0.2, -0.15) is 5.10 Å². The van der Waals surface area contributed by atoms with E-state index in [2.05, 4.69) is 15.3 Å². The predicted octanol–water partition coefficient (Wildman–Crippen LogP) is 1.67. The second-order valence-electron chi connectivity index (χ2n) is 2.71. The number of hydrazone groups is 1. The molecule has 0 spiro atoms. The molecule has 0 saturated heterocycles. The molecule has 0 aliphatic rings. The van der Waals surface area contributed by atoms with Crippen LogP contribution in [-0.2, 0) is 4.74 Å². The fourth-order valence-corrected chi connectivity index (χ4v) is 0.859. The molecule has 1 rings (SSSR count). The minimum atomic E-state index is -0.604. The molecule has 5 nitrogen and oxygen atoms in total. The highest BCUT2D eigenvalue weighted by Crippen LogP contribution is 2.06. The monoisotopic (exact) mass is 196 g/mol. The van der Waals surface area contributed by atoms with E-state index in [-0.39, 0.29) is 0 Å². The zero-order valence-electron chi connectivity index (χ0n) is 8.33. The molecule has 14 heavy (non-hydrogen) atoms. The summed E-state index contributed by atoms with van der Waals surface area (Å²) in [4.78, 5) is 10.7. The normalized spacial score (nSPS) is 11.2. The van der Waals surface area contributed by atoms with E-state index >= 15 is 0 Å². The van der Waals surface area contributed by atoms with Gasteiger partial charge in [0.2, 0.25) is 0 Å². The lowest BCUT2D eigenvalue weighted by Crippen LogP contribution is -2.18. The van der Waals surface area contributed by atoms with Gasteiger partial charge in [0.05, 0.1) is 7.11 Å². The lowest BCUT2D eigenvalue weighted by molar-refractivity contribution is 0.171. The minimum absolute atomic E-state index is 0.587. The third-order valence-electron chi connectivity index (χ3n) is 1.60. The number of furan rings is 1. The molecular formula is C9H12N2O3. The predicted molar refractivity (Wildman–Crippen MR) is 51.2 cm³/mol. The van der Waals surface area contributed by atoms with Gasteiger partial charge in [-0.05, 0) is 26.0 Å². The Balaban J connectivity index is 2.65. The molecule has 0 aliphatic heterocycles. The largest absolute Gasteiger partial charge is 0.460 e. The van der Waals surface area contributed by atoms with Gasteiger partial charge >= 0.3 is 6.09 Å². The summed E-state index contributed by atoms with van der Waals surface area (Å²) >= 11 is 0. The van der Waals surface area contributed by atoms with Gasteiger partial charge in [0.15, 0.2) is 0 Å². The maximum Gasteiger partial charge on any atom is 0.427 e. The molecule has 0 atom stereocenters. The Hall–Kier alpha value is -1.78. The third-order valence-corrected chi connectivity index (χ3v) is 1.60. The van der Waals surface area contributed by atoms with Crippen molar-refractivity contribution in [1.82, 2.24) is 5.43 Å². The smallest absolute Gasteiger partial charge is 0.427 e. The molecule has 0 unspecified atom stereocenters. The Kier molecular flexibility index (Phi) is 3.28. The number of nitrogens with zero attached hydrogens (tertiary/aromatic N) is 1. The molecule has 1 N–H and O–H groups in total. The van der Waals surface area contributed by atoms with Crippen LogP contribution in [0.5, 0.6) is 0 Å². The van der Waals surface area contributed by atoms with Crippen molar-refractivity contribution in [3.63, 3.8) is 0 Å². The van der Waals surface area contributed by atoms with Crippen molar-refractivity contribution in [1.29, 1.82) is 0 Å². The molecule has 1 heterocycles. The van der Waals surface area contributed by atoms with Crippen LogP contribution in [0.1, 0.15) is 18.4 Å². The van der Waals surface area contributed by atoms with E-state index in [1.54, 1.807) is 13.0 Å². The van der Waals surface area contributed by atoms with E-state index in [4.69, 9.17) is 4.42 Å². The Morgan fingerprint density at radius 1 is 1.57 bits per heavy atom. The molecule has 0 radical (unpaired) electrons. The maximum atomic E-state index is 10.7. The average Bonchev–Trinajstić information content (AvgIpc) is 2.60. The zero-order valence-corrected chi connectivity index (χ0v) is 8.33. The minimum Gasteiger partial charge on any atom is -0.460 e. The van der Waals surface area contributed by atoms with E-state index in [0.717, 1.165) is 5.76 Å². The molecule has 1 aromatic heterocycles. The Bertz CT molecular complexity index is 355. The number of carbonyl (C=O) groups is 1. The summed E-state index contributed by atoms with van der Waals surface area (Å²) in [6.07, 6.45) is -0.604. The topological polar surface area (TPSA) is 63.8 Å². The number of ether oxygens (including phenoxy) is 1. The summed E-state index contributed by atoms with van der Waals surface area (Å²) in [6.45, 7) is 3.57. The Morgan fingerprint density at radius 2 is 2.29 bits per heavy atom.